The van der Waals surface area contributed by atoms with Crippen LogP contribution in [0.1, 0.15) is 31.9 Å². The molecule has 0 radical (unpaired) electrons. The van der Waals surface area contributed by atoms with Crippen LogP contribution in [-0.2, 0) is 4.79 Å². The molecule has 5 nitrogen and oxygen atoms in total. The molecule has 0 aromatic heterocycles. The first-order valence-electron chi connectivity index (χ1n) is 7.87. The fourth-order valence-electron chi connectivity index (χ4n) is 3.25. The fourth-order valence-corrected chi connectivity index (χ4v) is 3.51. The van der Waals surface area contributed by atoms with Crippen LogP contribution in [0.2, 0.25) is 5.02 Å². The van der Waals surface area contributed by atoms with Crippen molar-refractivity contribution in [3.63, 3.8) is 0 Å². The quantitative estimate of drug-likeness (QED) is 0.771. The van der Waals surface area contributed by atoms with E-state index in [0.717, 1.165) is 23.7 Å². The number of carbonyl (C=O) groups is 1. The van der Waals surface area contributed by atoms with Gasteiger partial charge in [-0.3, -0.25) is 4.79 Å². The number of halogens is 1. The summed E-state index contributed by atoms with van der Waals surface area (Å²) in [7, 11) is 0. The molecule has 1 amide bonds. The van der Waals surface area contributed by atoms with Gasteiger partial charge in [0.15, 0.2) is 0 Å². The topological polar surface area (TPSA) is 56.4 Å². The highest BCUT2D eigenvalue weighted by atomic mass is 35.5. The molecule has 0 saturated carbocycles. The summed E-state index contributed by atoms with van der Waals surface area (Å²) in [6, 6.07) is 8.18. The van der Waals surface area contributed by atoms with Gasteiger partial charge in [0, 0.05) is 36.2 Å². The van der Waals surface area contributed by atoms with E-state index in [-0.39, 0.29) is 24.0 Å². The second kappa shape index (κ2) is 6.54. The summed E-state index contributed by atoms with van der Waals surface area (Å²) >= 11 is 6.25. The van der Waals surface area contributed by atoms with E-state index in [1.165, 1.54) is 0 Å². The average molecular weight is 323 g/mol. The smallest absolute Gasteiger partial charge is 0.241 e. The Morgan fingerprint density at radius 2 is 2.05 bits per heavy atom. The standard InChI is InChI=1S/C16H23ClN4O/c1-10-11(2)21(8-7-18-10)16(22)15-9-14(19-20-15)12-5-3-4-6-13(12)17/h3-6,10-11,14-15,18-20H,7-9H2,1-2H3. The summed E-state index contributed by atoms with van der Waals surface area (Å²) in [6.07, 6.45) is 0.716. The lowest BCUT2D eigenvalue weighted by Gasteiger charge is -2.39. The largest absolute Gasteiger partial charge is 0.336 e. The SMILES string of the molecule is CC1NCCN(C(=O)C2CC(c3ccccc3Cl)NN2)C1C. The monoisotopic (exact) mass is 322 g/mol. The third-order valence-corrected chi connectivity index (χ3v) is 5.14. The number of rotatable bonds is 2. The Kier molecular flexibility index (Phi) is 4.68. The number of nitrogens with zero attached hydrogens (tertiary/aromatic N) is 1. The molecule has 0 bridgehead atoms. The Balaban J connectivity index is 1.67. The number of hydrogen-bond donors (Lipinski definition) is 3. The van der Waals surface area contributed by atoms with Gasteiger partial charge in [0.2, 0.25) is 5.91 Å². The van der Waals surface area contributed by atoms with Crippen molar-refractivity contribution in [2.45, 2.75) is 44.4 Å². The molecular weight excluding hydrogens is 300 g/mol. The van der Waals surface area contributed by atoms with Gasteiger partial charge in [0.25, 0.3) is 0 Å². The van der Waals surface area contributed by atoms with Crippen LogP contribution in [0.4, 0.5) is 0 Å². The first-order chi connectivity index (χ1) is 10.6. The summed E-state index contributed by atoms with van der Waals surface area (Å²) in [5.41, 5.74) is 7.39. The van der Waals surface area contributed by atoms with Crippen molar-refractivity contribution in [2.24, 2.45) is 0 Å². The van der Waals surface area contributed by atoms with Gasteiger partial charge >= 0.3 is 0 Å². The van der Waals surface area contributed by atoms with Gasteiger partial charge in [-0.1, -0.05) is 29.8 Å². The number of amides is 1. The van der Waals surface area contributed by atoms with Gasteiger partial charge < -0.3 is 10.2 Å². The van der Waals surface area contributed by atoms with E-state index in [4.69, 9.17) is 11.6 Å². The lowest BCUT2D eigenvalue weighted by molar-refractivity contribution is -0.136. The third-order valence-electron chi connectivity index (χ3n) is 4.80. The van der Waals surface area contributed by atoms with Crippen molar-refractivity contribution < 1.29 is 4.79 Å². The van der Waals surface area contributed by atoms with Gasteiger partial charge in [-0.2, -0.15) is 0 Å². The van der Waals surface area contributed by atoms with Crippen LogP contribution < -0.4 is 16.2 Å². The van der Waals surface area contributed by atoms with E-state index in [1.807, 2.05) is 29.2 Å². The Morgan fingerprint density at radius 3 is 2.82 bits per heavy atom. The zero-order valence-electron chi connectivity index (χ0n) is 13.0. The maximum absolute atomic E-state index is 12.8. The Labute approximate surface area is 136 Å². The summed E-state index contributed by atoms with van der Waals surface area (Å²) in [5, 5.41) is 4.14. The van der Waals surface area contributed by atoms with Crippen LogP contribution >= 0.6 is 11.6 Å². The fraction of sp³-hybridized carbons (Fsp3) is 0.562. The second-order valence-corrected chi connectivity index (χ2v) is 6.57. The lowest BCUT2D eigenvalue weighted by Crippen LogP contribution is -2.60. The van der Waals surface area contributed by atoms with E-state index in [1.54, 1.807) is 0 Å². The van der Waals surface area contributed by atoms with Crippen molar-refractivity contribution >= 4 is 17.5 Å². The van der Waals surface area contributed by atoms with E-state index in [2.05, 4.69) is 30.0 Å². The summed E-state index contributed by atoms with van der Waals surface area (Å²) < 4.78 is 0. The molecule has 2 heterocycles. The molecule has 2 fully saturated rings. The van der Waals surface area contributed by atoms with Crippen LogP contribution in [0.5, 0.6) is 0 Å². The molecule has 6 heteroatoms. The van der Waals surface area contributed by atoms with E-state index >= 15 is 0 Å². The van der Waals surface area contributed by atoms with Crippen LogP contribution in [0.15, 0.2) is 24.3 Å². The summed E-state index contributed by atoms with van der Waals surface area (Å²) in [4.78, 5) is 14.8. The van der Waals surface area contributed by atoms with E-state index in [9.17, 15) is 4.79 Å². The predicted octanol–water partition coefficient (Wildman–Crippen LogP) is 1.46. The molecule has 0 spiro atoms. The molecule has 3 rings (SSSR count). The number of hydrazine groups is 1. The van der Waals surface area contributed by atoms with Crippen molar-refractivity contribution in [3.05, 3.63) is 34.9 Å². The first kappa shape index (κ1) is 15.7. The van der Waals surface area contributed by atoms with Gasteiger partial charge in [0.05, 0.1) is 0 Å². The zero-order chi connectivity index (χ0) is 15.7. The number of nitrogens with one attached hydrogen (secondary N) is 3. The van der Waals surface area contributed by atoms with E-state index in [0.29, 0.717) is 12.5 Å². The zero-order valence-corrected chi connectivity index (χ0v) is 13.7. The molecule has 4 atom stereocenters. The van der Waals surface area contributed by atoms with Gasteiger partial charge in [0.1, 0.15) is 6.04 Å². The maximum Gasteiger partial charge on any atom is 0.241 e. The number of benzene rings is 1. The maximum atomic E-state index is 12.8. The van der Waals surface area contributed by atoms with Crippen LogP contribution in [0, 0.1) is 0 Å². The molecule has 3 N–H and O–H groups in total. The minimum Gasteiger partial charge on any atom is -0.336 e. The highest BCUT2D eigenvalue weighted by Crippen LogP contribution is 2.29. The normalized spacial score (nSPS) is 32.2. The molecule has 1 aromatic carbocycles. The van der Waals surface area contributed by atoms with Crippen molar-refractivity contribution in [3.8, 4) is 0 Å². The van der Waals surface area contributed by atoms with Crippen molar-refractivity contribution in [1.82, 2.24) is 21.1 Å². The molecule has 2 saturated heterocycles. The Morgan fingerprint density at radius 1 is 1.27 bits per heavy atom. The second-order valence-electron chi connectivity index (χ2n) is 6.17. The molecule has 2 aliphatic rings. The first-order valence-corrected chi connectivity index (χ1v) is 8.25. The van der Waals surface area contributed by atoms with Crippen LogP contribution in [0.3, 0.4) is 0 Å². The highest BCUT2D eigenvalue weighted by molar-refractivity contribution is 6.31. The van der Waals surface area contributed by atoms with Gasteiger partial charge in [-0.25, -0.2) is 10.9 Å². The van der Waals surface area contributed by atoms with Crippen LogP contribution in [0.25, 0.3) is 0 Å². The molecule has 2 aliphatic heterocycles. The molecule has 120 valence electrons. The van der Waals surface area contributed by atoms with E-state index < -0.39 is 0 Å². The van der Waals surface area contributed by atoms with Gasteiger partial charge in [-0.15, -0.1) is 0 Å². The summed E-state index contributed by atoms with van der Waals surface area (Å²) in [6.45, 7) is 5.84. The van der Waals surface area contributed by atoms with Crippen molar-refractivity contribution in [2.75, 3.05) is 13.1 Å². The van der Waals surface area contributed by atoms with Gasteiger partial charge in [-0.05, 0) is 31.9 Å². The number of piperazine rings is 1. The molecule has 1 aromatic rings. The summed E-state index contributed by atoms with van der Waals surface area (Å²) in [5.74, 6) is 0.169. The predicted molar refractivity (Wildman–Crippen MR) is 87.5 cm³/mol. The number of carbonyl (C=O) groups excluding carboxylic acids is 1. The average Bonchev–Trinajstić information content (AvgIpc) is 2.99. The molecule has 22 heavy (non-hydrogen) atoms. The number of hydrogen-bond acceptors (Lipinski definition) is 4. The Bertz CT molecular complexity index is 553. The molecule has 0 aliphatic carbocycles. The highest BCUT2D eigenvalue weighted by Gasteiger charge is 2.37. The van der Waals surface area contributed by atoms with Crippen molar-refractivity contribution in [1.29, 1.82) is 0 Å². The third kappa shape index (κ3) is 2.99. The minimum absolute atomic E-state index is 0.0679. The Hall–Kier alpha value is -1.14. The lowest BCUT2D eigenvalue weighted by atomic mass is 10.00. The molecular formula is C16H23ClN4O. The minimum atomic E-state index is -0.200. The van der Waals surface area contributed by atoms with Crippen LogP contribution in [-0.4, -0.2) is 42.0 Å². The molecule has 4 unspecified atom stereocenters.